The van der Waals surface area contributed by atoms with Gasteiger partial charge in [0.15, 0.2) is 0 Å². The summed E-state index contributed by atoms with van der Waals surface area (Å²) in [5.41, 5.74) is -0.994. The minimum absolute atomic E-state index is 0.126. The molecule has 2 atom stereocenters. The Kier molecular flexibility index (Phi) is 5.10. The highest BCUT2D eigenvalue weighted by atomic mass is 79.9. The van der Waals surface area contributed by atoms with E-state index in [1.54, 1.807) is 0 Å². The van der Waals surface area contributed by atoms with Gasteiger partial charge in [-0.25, -0.2) is 4.39 Å². The van der Waals surface area contributed by atoms with E-state index in [0.29, 0.717) is 10.0 Å². The summed E-state index contributed by atoms with van der Waals surface area (Å²) in [5.74, 6) is -1.76. The maximum Gasteiger partial charge on any atom is 0.312 e. The number of carbonyl (C=O) groups excluding carboxylic acids is 1. The fraction of sp³-hybridized carbons (Fsp3) is 0.500. The van der Waals surface area contributed by atoms with Gasteiger partial charge in [0.25, 0.3) is 0 Å². The summed E-state index contributed by atoms with van der Waals surface area (Å²) in [4.78, 5) is 11.9. The molecule has 0 bridgehead atoms. The van der Waals surface area contributed by atoms with Crippen molar-refractivity contribution in [3.05, 3.63) is 34.1 Å². The van der Waals surface area contributed by atoms with Gasteiger partial charge in [-0.3, -0.25) is 4.79 Å². The first-order chi connectivity index (χ1) is 8.71. The van der Waals surface area contributed by atoms with E-state index in [0.717, 1.165) is 0 Å². The molecule has 3 nitrogen and oxygen atoms in total. The Labute approximate surface area is 120 Å². The van der Waals surface area contributed by atoms with Crippen LogP contribution in [0.25, 0.3) is 0 Å². The number of carbonyl (C=O) groups is 1. The molecule has 0 amide bonds. The van der Waals surface area contributed by atoms with Crippen molar-refractivity contribution < 1.29 is 19.0 Å². The van der Waals surface area contributed by atoms with E-state index in [2.05, 4.69) is 15.9 Å². The number of esters is 1. The van der Waals surface area contributed by atoms with Crippen LogP contribution in [0.1, 0.15) is 26.3 Å². The Hall–Kier alpha value is -0.940. The van der Waals surface area contributed by atoms with E-state index in [9.17, 15) is 14.3 Å². The number of hydrogen-bond donors (Lipinski definition) is 1. The highest BCUT2D eigenvalue weighted by molar-refractivity contribution is 9.10. The summed E-state index contributed by atoms with van der Waals surface area (Å²) in [5, 5.41) is 10.7. The molecule has 0 aliphatic carbocycles. The monoisotopic (exact) mass is 332 g/mol. The van der Waals surface area contributed by atoms with Crippen molar-refractivity contribution in [2.75, 3.05) is 7.11 Å². The molecule has 0 aliphatic heterocycles. The molecular weight excluding hydrogens is 315 g/mol. The maximum atomic E-state index is 13.1. The molecule has 0 saturated heterocycles. The molecule has 106 valence electrons. The Morgan fingerprint density at radius 2 is 2.05 bits per heavy atom. The molecule has 1 N–H and O–H groups in total. The number of hydrogen-bond acceptors (Lipinski definition) is 3. The number of halogens is 2. The third kappa shape index (κ3) is 3.34. The van der Waals surface area contributed by atoms with Crippen LogP contribution < -0.4 is 0 Å². The highest BCUT2D eigenvalue weighted by Gasteiger charge is 2.42. The number of benzene rings is 1. The van der Waals surface area contributed by atoms with Crippen molar-refractivity contribution in [1.29, 1.82) is 0 Å². The number of aliphatic hydroxyl groups is 1. The van der Waals surface area contributed by atoms with Crippen molar-refractivity contribution >= 4 is 21.9 Å². The summed E-state index contributed by atoms with van der Waals surface area (Å²) < 4.78 is 18.3. The SMILES string of the molecule is COC(=O)C(C(C)C)C(C)(O)c1ccc(F)cc1Br. The predicted molar refractivity (Wildman–Crippen MR) is 74.0 cm³/mol. The number of rotatable bonds is 4. The molecule has 2 unspecified atom stereocenters. The van der Waals surface area contributed by atoms with Crippen LogP contribution in [0.2, 0.25) is 0 Å². The Balaban J connectivity index is 3.30. The van der Waals surface area contributed by atoms with Crippen LogP contribution in [0.4, 0.5) is 4.39 Å². The van der Waals surface area contributed by atoms with Crippen molar-refractivity contribution in [3.8, 4) is 0 Å². The van der Waals surface area contributed by atoms with Gasteiger partial charge in [0.2, 0.25) is 0 Å². The molecule has 0 heterocycles. The minimum Gasteiger partial charge on any atom is -0.469 e. The van der Waals surface area contributed by atoms with Crippen molar-refractivity contribution in [2.45, 2.75) is 26.4 Å². The second-order valence-electron chi connectivity index (χ2n) is 5.02. The van der Waals surface area contributed by atoms with E-state index < -0.39 is 23.3 Å². The summed E-state index contributed by atoms with van der Waals surface area (Å²) in [7, 11) is 1.29. The van der Waals surface area contributed by atoms with Gasteiger partial charge in [-0.1, -0.05) is 35.8 Å². The molecule has 1 aromatic rings. The van der Waals surface area contributed by atoms with Gasteiger partial charge >= 0.3 is 5.97 Å². The highest BCUT2D eigenvalue weighted by Crippen LogP contribution is 2.38. The zero-order chi connectivity index (χ0) is 14.8. The normalized spacial score (nSPS) is 16.0. The molecule has 19 heavy (non-hydrogen) atoms. The van der Waals surface area contributed by atoms with Crippen LogP contribution in [0.5, 0.6) is 0 Å². The molecule has 0 aliphatic rings. The molecule has 0 radical (unpaired) electrons. The van der Waals surface area contributed by atoms with Crippen LogP contribution in [0, 0.1) is 17.7 Å². The second-order valence-corrected chi connectivity index (χ2v) is 5.87. The van der Waals surface area contributed by atoms with Gasteiger partial charge in [0.05, 0.1) is 13.0 Å². The minimum atomic E-state index is -1.45. The zero-order valence-corrected chi connectivity index (χ0v) is 13.0. The summed E-state index contributed by atoms with van der Waals surface area (Å²) in [6.07, 6.45) is 0. The fourth-order valence-corrected chi connectivity index (χ4v) is 3.10. The largest absolute Gasteiger partial charge is 0.469 e. The van der Waals surface area contributed by atoms with E-state index >= 15 is 0 Å². The first kappa shape index (κ1) is 16.1. The van der Waals surface area contributed by atoms with E-state index in [1.807, 2.05) is 13.8 Å². The fourth-order valence-electron chi connectivity index (χ4n) is 2.35. The topological polar surface area (TPSA) is 46.5 Å². The lowest BCUT2D eigenvalue weighted by Crippen LogP contribution is -2.41. The lowest BCUT2D eigenvalue weighted by molar-refractivity contribution is -0.159. The van der Waals surface area contributed by atoms with Crippen molar-refractivity contribution in [2.24, 2.45) is 11.8 Å². The average Bonchev–Trinajstić information content (AvgIpc) is 2.27. The van der Waals surface area contributed by atoms with Gasteiger partial charge in [-0.15, -0.1) is 0 Å². The van der Waals surface area contributed by atoms with Gasteiger partial charge < -0.3 is 9.84 Å². The standard InChI is InChI=1S/C14H18BrFO3/c1-8(2)12(13(17)19-4)14(3,18)10-6-5-9(16)7-11(10)15/h5-8,12,18H,1-4H3. The van der Waals surface area contributed by atoms with Crippen molar-refractivity contribution in [3.63, 3.8) is 0 Å². The molecule has 5 heteroatoms. The zero-order valence-electron chi connectivity index (χ0n) is 11.4. The number of methoxy groups -OCH3 is 1. The summed E-state index contributed by atoms with van der Waals surface area (Å²) >= 11 is 3.22. The van der Waals surface area contributed by atoms with Crippen LogP contribution in [-0.4, -0.2) is 18.2 Å². The first-order valence-corrected chi connectivity index (χ1v) is 6.76. The Morgan fingerprint density at radius 1 is 1.47 bits per heavy atom. The van der Waals surface area contributed by atoms with Crippen LogP contribution >= 0.6 is 15.9 Å². The van der Waals surface area contributed by atoms with Crippen LogP contribution in [0.3, 0.4) is 0 Å². The average molecular weight is 333 g/mol. The van der Waals surface area contributed by atoms with Gasteiger partial charge in [0.1, 0.15) is 11.4 Å². The smallest absolute Gasteiger partial charge is 0.312 e. The second kappa shape index (κ2) is 6.01. The molecule has 0 aromatic heterocycles. The Bertz CT molecular complexity index is 472. The van der Waals surface area contributed by atoms with E-state index in [4.69, 9.17) is 4.74 Å². The van der Waals surface area contributed by atoms with Crippen LogP contribution in [0.15, 0.2) is 22.7 Å². The molecule has 0 spiro atoms. The quantitative estimate of drug-likeness (QED) is 0.861. The van der Waals surface area contributed by atoms with Crippen molar-refractivity contribution in [1.82, 2.24) is 0 Å². The first-order valence-electron chi connectivity index (χ1n) is 5.97. The number of ether oxygens (including phenoxy) is 1. The Morgan fingerprint density at radius 3 is 2.47 bits per heavy atom. The molecule has 0 fully saturated rings. The lowest BCUT2D eigenvalue weighted by atomic mass is 9.76. The molecule has 1 aromatic carbocycles. The molecular formula is C14H18BrFO3. The summed E-state index contributed by atoms with van der Waals surface area (Å²) in [6.45, 7) is 5.19. The van der Waals surface area contributed by atoms with Crippen LogP contribution in [-0.2, 0) is 15.1 Å². The predicted octanol–water partition coefficient (Wildman–Crippen LogP) is 3.24. The van der Waals surface area contributed by atoms with E-state index in [1.165, 1.54) is 32.2 Å². The van der Waals surface area contributed by atoms with Gasteiger partial charge in [0, 0.05) is 4.47 Å². The molecule has 1 rings (SSSR count). The lowest BCUT2D eigenvalue weighted by Gasteiger charge is -2.34. The van der Waals surface area contributed by atoms with E-state index in [-0.39, 0.29) is 5.92 Å². The van der Waals surface area contributed by atoms with Gasteiger partial charge in [-0.05, 0) is 30.5 Å². The molecule has 0 saturated carbocycles. The maximum absolute atomic E-state index is 13.1. The third-order valence-corrected chi connectivity index (χ3v) is 3.86. The third-order valence-electron chi connectivity index (χ3n) is 3.20. The summed E-state index contributed by atoms with van der Waals surface area (Å²) in [6, 6.07) is 3.99. The van der Waals surface area contributed by atoms with Gasteiger partial charge in [-0.2, -0.15) is 0 Å².